The molecule has 1 aliphatic heterocycles. The molecule has 2 unspecified atom stereocenters. The molecule has 0 amide bonds. The van der Waals surface area contributed by atoms with Crippen molar-refractivity contribution in [1.82, 2.24) is 0 Å². The Morgan fingerprint density at radius 2 is 2.38 bits per heavy atom. The van der Waals surface area contributed by atoms with Crippen molar-refractivity contribution in [3.8, 4) is 6.07 Å². The minimum atomic E-state index is 0.487. The van der Waals surface area contributed by atoms with Gasteiger partial charge in [-0.15, -0.1) is 0 Å². The number of hydrogen-bond acceptors (Lipinski definition) is 3. The molecule has 2 atom stereocenters. The van der Waals surface area contributed by atoms with Crippen LogP contribution in [0, 0.1) is 11.3 Å². The van der Waals surface area contributed by atoms with Crippen LogP contribution in [0.25, 0.3) is 0 Å². The first-order valence-corrected chi connectivity index (χ1v) is 7.11. The third-order valence-corrected chi connectivity index (χ3v) is 4.51. The predicted octanol–water partition coefficient (Wildman–Crippen LogP) is 3.63. The fraction of sp³-hybridized carbons (Fsp3) is 0.417. The molecule has 4 heteroatoms. The van der Waals surface area contributed by atoms with Gasteiger partial charge < -0.3 is 5.32 Å². The summed E-state index contributed by atoms with van der Waals surface area (Å²) in [6.45, 7) is 2.25. The van der Waals surface area contributed by atoms with Crippen LogP contribution in [0.2, 0.25) is 0 Å². The van der Waals surface area contributed by atoms with Crippen molar-refractivity contribution in [1.29, 1.82) is 5.26 Å². The molecule has 1 saturated heterocycles. The fourth-order valence-corrected chi connectivity index (χ4v) is 3.38. The van der Waals surface area contributed by atoms with E-state index >= 15 is 0 Å². The lowest BCUT2D eigenvalue weighted by Gasteiger charge is -2.14. The number of benzene rings is 1. The summed E-state index contributed by atoms with van der Waals surface area (Å²) in [5, 5.41) is 13.2. The Bertz CT molecular complexity index is 428. The number of rotatable bonds is 2. The van der Waals surface area contributed by atoms with Gasteiger partial charge in [-0.1, -0.05) is 22.9 Å². The van der Waals surface area contributed by atoms with Crippen molar-refractivity contribution in [3.05, 3.63) is 28.2 Å². The molecule has 0 aromatic heterocycles. The van der Waals surface area contributed by atoms with Gasteiger partial charge in [-0.05, 0) is 24.6 Å². The van der Waals surface area contributed by atoms with Gasteiger partial charge in [-0.25, -0.2) is 0 Å². The van der Waals surface area contributed by atoms with Crippen molar-refractivity contribution in [2.45, 2.75) is 24.6 Å². The third-order valence-electron chi connectivity index (χ3n) is 2.66. The number of hydrogen-bond donors (Lipinski definition) is 1. The van der Waals surface area contributed by atoms with E-state index in [0.717, 1.165) is 21.2 Å². The maximum Gasteiger partial charge on any atom is 0.101 e. The highest BCUT2D eigenvalue weighted by Crippen LogP contribution is 2.30. The molecule has 1 N–H and O–H groups in total. The number of nitrogens with one attached hydrogen (secondary N) is 1. The molecule has 1 aliphatic rings. The largest absolute Gasteiger partial charge is 0.380 e. The second kappa shape index (κ2) is 5.11. The fourth-order valence-electron chi connectivity index (χ4n) is 1.87. The number of anilines is 1. The lowest BCUT2D eigenvalue weighted by molar-refractivity contribution is 0.747. The van der Waals surface area contributed by atoms with Crippen LogP contribution in [-0.4, -0.2) is 17.0 Å². The average Bonchev–Trinajstić information content (AvgIpc) is 2.64. The highest BCUT2D eigenvalue weighted by atomic mass is 79.9. The summed E-state index contributed by atoms with van der Waals surface area (Å²) in [6.07, 6.45) is 1.17. The summed E-state index contributed by atoms with van der Waals surface area (Å²) in [7, 11) is 0. The normalized spacial score (nSPS) is 24.1. The van der Waals surface area contributed by atoms with E-state index in [4.69, 9.17) is 5.26 Å². The van der Waals surface area contributed by atoms with Gasteiger partial charge >= 0.3 is 0 Å². The molecule has 84 valence electrons. The van der Waals surface area contributed by atoms with Gasteiger partial charge in [-0.3, -0.25) is 0 Å². The SMILES string of the molecule is CC1CC(Nc2cc(Br)ccc2C#N)CS1. The summed E-state index contributed by atoms with van der Waals surface area (Å²) in [5.41, 5.74) is 1.66. The van der Waals surface area contributed by atoms with E-state index in [1.807, 2.05) is 30.0 Å². The summed E-state index contributed by atoms with van der Waals surface area (Å²) >= 11 is 5.42. The summed E-state index contributed by atoms with van der Waals surface area (Å²) in [5.74, 6) is 1.12. The molecular formula is C12H13BrN2S. The molecule has 0 saturated carbocycles. The van der Waals surface area contributed by atoms with Crippen molar-refractivity contribution in [2.75, 3.05) is 11.1 Å². The van der Waals surface area contributed by atoms with Gasteiger partial charge in [0.05, 0.1) is 11.3 Å². The smallest absolute Gasteiger partial charge is 0.101 e. The first kappa shape index (κ1) is 11.8. The first-order chi connectivity index (χ1) is 7.69. The Morgan fingerprint density at radius 1 is 1.56 bits per heavy atom. The second-order valence-electron chi connectivity index (χ2n) is 4.02. The van der Waals surface area contributed by atoms with Crippen molar-refractivity contribution in [2.24, 2.45) is 0 Å². The van der Waals surface area contributed by atoms with Crippen LogP contribution < -0.4 is 5.32 Å². The number of nitrogens with zero attached hydrogens (tertiary/aromatic N) is 1. The maximum atomic E-state index is 9.02. The molecule has 0 spiro atoms. The molecule has 1 aromatic carbocycles. The molecule has 2 rings (SSSR count). The van der Waals surface area contributed by atoms with Gasteiger partial charge in [0, 0.05) is 21.5 Å². The highest BCUT2D eigenvalue weighted by molar-refractivity contribution is 9.10. The van der Waals surface area contributed by atoms with Gasteiger partial charge in [0.1, 0.15) is 6.07 Å². The van der Waals surface area contributed by atoms with E-state index in [-0.39, 0.29) is 0 Å². The van der Waals surface area contributed by atoms with Crippen LogP contribution in [-0.2, 0) is 0 Å². The highest BCUT2D eigenvalue weighted by Gasteiger charge is 2.22. The molecule has 1 aromatic rings. The van der Waals surface area contributed by atoms with E-state index in [1.54, 1.807) is 0 Å². The Balaban J connectivity index is 2.14. The lowest BCUT2D eigenvalue weighted by Crippen LogP contribution is -2.19. The number of nitriles is 1. The molecule has 0 bridgehead atoms. The van der Waals surface area contributed by atoms with Crippen LogP contribution in [0.1, 0.15) is 18.9 Å². The molecule has 0 aliphatic carbocycles. The van der Waals surface area contributed by atoms with Crippen LogP contribution >= 0.6 is 27.7 Å². The van der Waals surface area contributed by atoms with Gasteiger partial charge in [0.25, 0.3) is 0 Å². The van der Waals surface area contributed by atoms with E-state index in [1.165, 1.54) is 6.42 Å². The van der Waals surface area contributed by atoms with E-state index in [2.05, 4.69) is 34.2 Å². The van der Waals surface area contributed by atoms with Crippen LogP contribution in [0.5, 0.6) is 0 Å². The van der Waals surface area contributed by atoms with Crippen molar-refractivity contribution >= 4 is 33.4 Å². The maximum absolute atomic E-state index is 9.02. The van der Waals surface area contributed by atoms with Crippen molar-refractivity contribution < 1.29 is 0 Å². The zero-order chi connectivity index (χ0) is 11.5. The Labute approximate surface area is 109 Å². The minimum Gasteiger partial charge on any atom is -0.380 e. The summed E-state index contributed by atoms with van der Waals surface area (Å²) in [6, 6.07) is 8.43. The predicted molar refractivity (Wildman–Crippen MR) is 72.8 cm³/mol. The minimum absolute atomic E-state index is 0.487. The standard InChI is InChI=1S/C12H13BrN2S/c1-8-4-11(7-16-8)15-12-5-10(13)3-2-9(12)6-14/h2-3,5,8,11,15H,4,7H2,1H3. The Kier molecular flexibility index (Phi) is 3.78. The number of halogens is 1. The average molecular weight is 297 g/mol. The van der Waals surface area contributed by atoms with E-state index in [9.17, 15) is 0 Å². The Hall–Kier alpha value is -0.660. The quantitative estimate of drug-likeness (QED) is 0.905. The van der Waals surface area contributed by atoms with Crippen LogP contribution in [0.3, 0.4) is 0 Å². The van der Waals surface area contributed by atoms with E-state index in [0.29, 0.717) is 11.6 Å². The zero-order valence-electron chi connectivity index (χ0n) is 9.03. The van der Waals surface area contributed by atoms with Gasteiger partial charge in [0.15, 0.2) is 0 Å². The summed E-state index contributed by atoms with van der Waals surface area (Å²) < 4.78 is 1.01. The Morgan fingerprint density at radius 3 is 3.00 bits per heavy atom. The van der Waals surface area contributed by atoms with Gasteiger partial charge in [-0.2, -0.15) is 17.0 Å². The van der Waals surface area contributed by atoms with Crippen molar-refractivity contribution in [3.63, 3.8) is 0 Å². The molecular weight excluding hydrogens is 284 g/mol. The second-order valence-corrected chi connectivity index (χ2v) is 6.41. The van der Waals surface area contributed by atoms with Gasteiger partial charge in [0.2, 0.25) is 0 Å². The number of thioether (sulfide) groups is 1. The molecule has 2 nitrogen and oxygen atoms in total. The first-order valence-electron chi connectivity index (χ1n) is 5.27. The zero-order valence-corrected chi connectivity index (χ0v) is 11.4. The molecule has 1 fully saturated rings. The van der Waals surface area contributed by atoms with E-state index < -0.39 is 0 Å². The van der Waals surface area contributed by atoms with Crippen LogP contribution in [0.4, 0.5) is 5.69 Å². The molecule has 16 heavy (non-hydrogen) atoms. The van der Waals surface area contributed by atoms with Crippen LogP contribution in [0.15, 0.2) is 22.7 Å². The molecule has 1 heterocycles. The molecule has 0 radical (unpaired) electrons. The topological polar surface area (TPSA) is 35.8 Å². The third kappa shape index (κ3) is 2.72. The summed E-state index contributed by atoms with van der Waals surface area (Å²) in [4.78, 5) is 0. The lowest BCUT2D eigenvalue weighted by atomic mass is 10.1. The monoisotopic (exact) mass is 296 g/mol.